The van der Waals surface area contributed by atoms with Crippen molar-refractivity contribution < 1.29 is 9.53 Å². The van der Waals surface area contributed by atoms with Crippen LogP contribution in [0.25, 0.3) is 10.9 Å². The summed E-state index contributed by atoms with van der Waals surface area (Å²) < 4.78 is 5.03. The van der Waals surface area contributed by atoms with E-state index in [1.54, 1.807) is 0 Å². The molecule has 1 aromatic heterocycles. The molecule has 0 amide bonds. The van der Waals surface area contributed by atoms with Crippen molar-refractivity contribution in [2.75, 3.05) is 13.7 Å². The van der Waals surface area contributed by atoms with Gasteiger partial charge in [-0.2, -0.15) is 0 Å². The molecule has 1 fully saturated rings. The molecule has 1 heterocycles. The zero-order chi connectivity index (χ0) is 16.8. The molecule has 0 aliphatic heterocycles. The van der Waals surface area contributed by atoms with Crippen molar-refractivity contribution in [3.05, 3.63) is 36.0 Å². The normalized spacial score (nSPS) is 17.5. The number of carbonyl (C=O) groups is 1. The maximum atomic E-state index is 12.2. The molecule has 4 nitrogen and oxygen atoms in total. The number of hydrogen-bond donors (Lipinski definition) is 2. The van der Waals surface area contributed by atoms with Gasteiger partial charge in [-0.05, 0) is 36.9 Å². The van der Waals surface area contributed by atoms with Crippen LogP contribution in [0.3, 0.4) is 0 Å². The van der Waals surface area contributed by atoms with Crippen LogP contribution in [0.15, 0.2) is 30.5 Å². The molecular weight excluding hydrogens is 300 g/mol. The summed E-state index contributed by atoms with van der Waals surface area (Å²) in [4.78, 5) is 15.5. The van der Waals surface area contributed by atoms with Crippen LogP contribution in [0.4, 0.5) is 0 Å². The first kappa shape index (κ1) is 17.0. The minimum absolute atomic E-state index is 0.172. The summed E-state index contributed by atoms with van der Waals surface area (Å²) in [5.41, 5.74) is 2.27. The maximum absolute atomic E-state index is 12.2. The summed E-state index contributed by atoms with van der Waals surface area (Å²) in [5.74, 6) is 0.511. The minimum atomic E-state index is -0.280. The second kappa shape index (κ2) is 8.34. The second-order valence-corrected chi connectivity index (χ2v) is 6.91. The number of aromatic nitrogens is 1. The van der Waals surface area contributed by atoms with Gasteiger partial charge in [0.2, 0.25) is 0 Å². The van der Waals surface area contributed by atoms with Crippen molar-refractivity contribution in [3.8, 4) is 0 Å². The van der Waals surface area contributed by atoms with E-state index >= 15 is 0 Å². The summed E-state index contributed by atoms with van der Waals surface area (Å²) in [6.45, 7) is 0.905. The predicted octanol–water partition coefficient (Wildman–Crippen LogP) is 3.81. The molecule has 0 saturated heterocycles. The molecule has 1 aliphatic carbocycles. The number of ether oxygens (including phenoxy) is 1. The van der Waals surface area contributed by atoms with Gasteiger partial charge in [-0.3, -0.25) is 4.79 Å². The molecular formula is C20H28N2O2. The van der Waals surface area contributed by atoms with Crippen LogP contribution in [0.5, 0.6) is 0 Å². The fraction of sp³-hybridized carbons (Fsp3) is 0.550. The molecule has 24 heavy (non-hydrogen) atoms. The number of carbonyl (C=O) groups excluding carboxylic acids is 1. The number of benzene rings is 1. The number of H-pyrrole nitrogens is 1. The van der Waals surface area contributed by atoms with Crippen LogP contribution in [0.2, 0.25) is 0 Å². The summed E-state index contributed by atoms with van der Waals surface area (Å²) in [6, 6.07) is 7.93. The highest BCUT2D eigenvalue weighted by molar-refractivity contribution is 5.84. The smallest absolute Gasteiger partial charge is 0.323 e. The van der Waals surface area contributed by atoms with Gasteiger partial charge in [-0.25, -0.2) is 0 Å². The Morgan fingerprint density at radius 2 is 2.00 bits per heavy atom. The van der Waals surface area contributed by atoms with Crippen molar-refractivity contribution in [2.45, 2.75) is 51.0 Å². The van der Waals surface area contributed by atoms with Crippen molar-refractivity contribution in [1.82, 2.24) is 10.3 Å². The quantitative estimate of drug-likeness (QED) is 0.626. The predicted molar refractivity (Wildman–Crippen MR) is 97.0 cm³/mol. The Labute approximate surface area is 144 Å². The summed E-state index contributed by atoms with van der Waals surface area (Å²) in [5, 5.41) is 4.67. The van der Waals surface area contributed by atoms with E-state index in [2.05, 4.69) is 22.4 Å². The van der Waals surface area contributed by atoms with E-state index in [1.807, 2.05) is 18.3 Å². The molecule has 2 N–H and O–H groups in total. The molecule has 1 aromatic carbocycles. The Morgan fingerprint density at radius 1 is 1.25 bits per heavy atom. The van der Waals surface area contributed by atoms with E-state index in [0.717, 1.165) is 17.6 Å². The third kappa shape index (κ3) is 4.18. The van der Waals surface area contributed by atoms with Gasteiger partial charge in [0, 0.05) is 23.5 Å². The Balaban J connectivity index is 1.66. The zero-order valence-electron chi connectivity index (χ0n) is 14.5. The van der Waals surface area contributed by atoms with Gasteiger partial charge in [0.25, 0.3) is 0 Å². The fourth-order valence-corrected chi connectivity index (χ4v) is 3.78. The molecule has 2 aromatic rings. The van der Waals surface area contributed by atoms with E-state index in [-0.39, 0.29) is 12.0 Å². The lowest BCUT2D eigenvalue weighted by molar-refractivity contribution is -0.143. The first-order chi connectivity index (χ1) is 11.8. The van der Waals surface area contributed by atoms with Gasteiger partial charge in [0.15, 0.2) is 0 Å². The zero-order valence-corrected chi connectivity index (χ0v) is 14.5. The fourth-order valence-electron chi connectivity index (χ4n) is 3.78. The molecule has 0 radical (unpaired) electrons. The Kier molecular flexibility index (Phi) is 5.91. The number of rotatable bonds is 6. The lowest BCUT2D eigenvalue weighted by Gasteiger charge is -2.20. The summed E-state index contributed by atoms with van der Waals surface area (Å²) in [6.07, 6.45) is 10.5. The van der Waals surface area contributed by atoms with Crippen molar-refractivity contribution in [2.24, 2.45) is 5.92 Å². The topological polar surface area (TPSA) is 54.1 Å². The number of aromatic amines is 1. The van der Waals surface area contributed by atoms with Crippen LogP contribution in [0, 0.1) is 5.92 Å². The van der Waals surface area contributed by atoms with E-state index in [0.29, 0.717) is 12.3 Å². The number of esters is 1. The highest BCUT2D eigenvalue weighted by atomic mass is 16.5. The minimum Gasteiger partial charge on any atom is -0.468 e. The van der Waals surface area contributed by atoms with Gasteiger partial charge in [-0.15, -0.1) is 0 Å². The third-order valence-corrected chi connectivity index (χ3v) is 5.21. The van der Waals surface area contributed by atoms with Crippen molar-refractivity contribution >= 4 is 16.9 Å². The average Bonchev–Trinajstić information content (AvgIpc) is 2.84. The third-order valence-electron chi connectivity index (χ3n) is 5.21. The Hall–Kier alpha value is -1.81. The molecule has 3 rings (SSSR count). The average molecular weight is 328 g/mol. The molecule has 4 heteroatoms. The number of fused-ring (bicyclic) bond motifs is 1. The highest BCUT2D eigenvalue weighted by Crippen LogP contribution is 2.23. The van der Waals surface area contributed by atoms with E-state index in [4.69, 9.17) is 4.74 Å². The largest absolute Gasteiger partial charge is 0.468 e. The van der Waals surface area contributed by atoms with Crippen molar-refractivity contribution in [3.63, 3.8) is 0 Å². The van der Waals surface area contributed by atoms with Crippen LogP contribution in [-0.4, -0.2) is 30.6 Å². The van der Waals surface area contributed by atoms with Gasteiger partial charge in [0.1, 0.15) is 6.04 Å². The maximum Gasteiger partial charge on any atom is 0.323 e. The molecule has 0 bridgehead atoms. The van der Waals surface area contributed by atoms with Crippen LogP contribution in [0.1, 0.15) is 44.1 Å². The summed E-state index contributed by atoms with van der Waals surface area (Å²) >= 11 is 0. The van der Waals surface area contributed by atoms with Crippen LogP contribution in [-0.2, 0) is 16.0 Å². The molecule has 0 spiro atoms. The van der Waals surface area contributed by atoms with Crippen molar-refractivity contribution in [1.29, 1.82) is 0 Å². The van der Waals surface area contributed by atoms with Crippen LogP contribution >= 0.6 is 0 Å². The lowest BCUT2D eigenvalue weighted by Crippen LogP contribution is -2.41. The molecule has 0 unspecified atom stereocenters. The van der Waals surface area contributed by atoms with E-state index in [9.17, 15) is 4.79 Å². The second-order valence-electron chi connectivity index (χ2n) is 6.91. The van der Waals surface area contributed by atoms with Gasteiger partial charge in [0.05, 0.1) is 7.11 Å². The molecule has 1 atom stereocenters. The number of methoxy groups -OCH3 is 1. The van der Waals surface area contributed by atoms with E-state index < -0.39 is 0 Å². The first-order valence-corrected chi connectivity index (χ1v) is 9.14. The molecule has 1 aliphatic rings. The monoisotopic (exact) mass is 328 g/mol. The summed E-state index contributed by atoms with van der Waals surface area (Å²) in [7, 11) is 1.47. The lowest BCUT2D eigenvalue weighted by atomic mass is 9.99. The standard InChI is InChI=1S/C20H28N2O2/c1-24-20(23)19(21-13-15-8-4-2-3-5-9-15)12-16-14-22-18-11-7-6-10-17(16)18/h6-7,10-11,14-15,19,21-22H,2-5,8-9,12-13H2,1H3/t19-/m0/s1. The highest BCUT2D eigenvalue weighted by Gasteiger charge is 2.22. The SMILES string of the molecule is COC(=O)[C@H](Cc1c[nH]c2ccccc12)NCC1CCCCCC1. The van der Waals surface area contributed by atoms with Gasteiger partial charge < -0.3 is 15.0 Å². The van der Waals surface area contributed by atoms with Gasteiger partial charge >= 0.3 is 5.97 Å². The van der Waals surface area contributed by atoms with Crippen LogP contribution < -0.4 is 5.32 Å². The Morgan fingerprint density at radius 3 is 2.75 bits per heavy atom. The Bertz CT molecular complexity index is 656. The number of hydrogen-bond acceptors (Lipinski definition) is 3. The number of para-hydroxylation sites is 1. The molecule has 130 valence electrons. The molecule has 1 saturated carbocycles. The van der Waals surface area contributed by atoms with E-state index in [1.165, 1.54) is 51.0 Å². The number of nitrogens with one attached hydrogen (secondary N) is 2. The first-order valence-electron chi connectivity index (χ1n) is 9.14. The van der Waals surface area contributed by atoms with Gasteiger partial charge in [-0.1, -0.05) is 43.9 Å².